The zero-order chi connectivity index (χ0) is 29.4. The number of aromatic nitrogens is 3. The fraction of sp³-hybridized carbons (Fsp3) is 0.355. The Morgan fingerprint density at radius 3 is 2.31 bits per heavy atom. The fourth-order valence-corrected chi connectivity index (χ4v) is 5.62. The van der Waals surface area contributed by atoms with Gasteiger partial charge in [0.05, 0.1) is 5.41 Å². The number of rotatable bonds is 9. The van der Waals surface area contributed by atoms with Crippen LogP contribution in [0.25, 0.3) is 11.0 Å². The maximum absolute atomic E-state index is 13.2. The summed E-state index contributed by atoms with van der Waals surface area (Å²) in [6, 6.07) is 14.9. The number of fused-ring (bicyclic) bond motifs is 1. The van der Waals surface area contributed by atoms with E-state index < -0.39 is 11.6 Å². The van der Waals surface area contributed by atoms with Gasteiger partial charge in [0, 0.05) is 48.8 Å². The number of carbonyl (C=O) groups is 2. The van der Waals surface area contributed by atoms with E-state index in [1.165, 1.54) is 24.3 Å². The molecule has 0 bridgehead atoms. The third kappa shape index (κ3) is 5.39. The summed E-state index contributed by atoms with van der Waals surface area (Å²) in [4.78, 5) is 36.9. The standard InChI is InChI=1S/C31H34FN7O3/c1-38(2)27(40)25-17-19-18-33-30(37-26(19)39(25)24-5-3-4-6-24)36-23-13-11-22(12-14-23)35-29(42)31(15-16-31)28(41)34-21-9-7-20(32)8-10-21/h7-14,17-18,24,28,34,41H,3-6,15-16H2,1-2H3,(H,35,42)(H,33,36,37). The molecule has 218 valence electrons. The molecule has 2 aliphatic rings. The van der Waals surface area contributed by atoms with Gasteiger partial charge in [-0.2, -0.15) is 4.98 Å². The van der Waals surface area contributed by atoms with E-state index in [0.29, 0.717) is 35.9 Å². The number of anilines is 4. The number of hydrogen-bond acceptors (Lipinski definition) is 7. The smallest absolute Gasteiger partial charge is 0.270 e. The quantitative estimate of drug-likeness (QED) is 0.202. The summed E-state index contributed by atoms with van der Waals surface area (Å²) in [5.41, 5.74) is 2.26. The Kier molecular flexibility index (Phi) is 7.28. The molecule has 2 aliphatic carbocycles. The zero-order valence-electron chi connectivity index (χ0n) is 23.6. The van der Waals surface area contributed by atoms with Crippen LogP contribution in [0.15, 0.2) is 60.8 Å². The Balaban J connectivity index is 1.15. The molecule has 42 heavy (non-hydrogen) atoms. The van der Waals surface area contributed by atoms with E-state index in [0.717, 1.165) is 42.4 Å². The minimum Gasteiger partial charge on any atom is -0.373 e. The summed E-state index contributed by atoms with van der Waals surface area (Å²) in [5, 5.41) is 20.6. The van der Waals surface area contributed by atoms with Crippen molar-refractivity contribution in [2.75, 3.05) is 30.0 Å². The van der Waals surface area contributed by atoms with Crippen LogP contribution >= 0.6 is 0 Å². The molecule has 11 heteroatoms. The van der Waals surface area contributed by atoms with Crippen LogP contribution in [0.1, 0.15) is 55.1 Å². The van der Waals surface area contributed by atoms with E-state index in [1.807, 2.05) is 18.2 Å². The lowest BCUT2D eigenvalue weighted by Gasteiger charge is -2.23. The maximum atomic E-state index is 13.2. The first-order chi connectivity index (χ1) is 20.2. The van der Waals surface area contributed by atoms with Gasteiger partial charge in [-0.05, 0) is 80.3 Å². The van der Waals surface area contributed by atoms with E-state index in [-0.39, 0.29) is 23.7 Å². The molecule has 2 fully saturated rings. The molecule has 0 spiro atoms. The van der Waals surface area contributed by atoms with Crippen LogP contribution in [-0.4, -0.2) is 56.7 Å². The summed E-state index contributed by atoms with van der Waals surface area (Å²) < 4.78 is 15.3. The molecule has 4 N–H and O–H groups in total. The molecule has 10 nitrogen and oxygen atoms in total. The number of halogens is 1. The maximum Gasteiger partial charge on any atom is 0.270 e. The summed E-state index contributed by atoms with van der Waals surface area (Å²) in [6.07, 6.45) is 5.99. The Morgan fingerprint density at radius 2 is 1.67 bits per heavy atom. The van der Waals surface area contributed by atoms with Gasteiger partial charge < -0.3 is 30.5 Å². The number of amides is 2. The van der Waals surface area contributed by atoms with Gasteiger partial charge in [0.1, 0.15) is 23.4 Å². The zero-order valence-corrected chi connectivity index (χ0v) is 23.6. The average molecular weight is 572 g/mol. The lowest BCUT2D eigenvalue weighted by atomic mass is 10.0. The lowest BCUT2D eigenvalue weighted by Crippen LogP contribution is -2.39. The number of aliphatic hydroxyl groups is 1. The molecule has 0 aliphatic heterocycles. The minimum atomic E-state index is -1.10. The first-order valence-electron chi connectivity index (χ1n) is 14.2. The first kappa shape index (κ1) is 27.6. The predicted octanol–water partition coefficient (Wildman–Crippen LogP) is 5.28. The van der Waals surface area contributed by atoms with Gasteiger partial charge >= 0.3 is 0 Å². The summed E-state index contributed by atoms with van der Waals surface area (Å²) >= 11 is 0. The van der Waals surface area contributed by atoms with Crippen LogP contribution in [-0.2, 0) is 4.79 Å². The van der Waals surface area contributed by atoms with Crippen LogP contribution in [0.3, 0.4) is 0 Å². The van der Waals surface area contributed by atoms with Crippen molar-refractivity contribution < 1.29 is 19.1 Å². The van der Waals surface area contributed by atoms with Gasteiger partial charge in [0.25, 0.3) is 5.91 Å². The third-order valence-corrected chi connectivity index (χ3v) is 8.20. The van der Waals surface area contributed by atoms with Crippen molar-refractivity contribution in [3.8, 4) is 0 Å². The summed E-state index contributed by atoms with van der Waals surface area (Å²) in [5.74, 6) is -0.302. The molecule has 4 aromatic rings. The van der Waals surface area contributed by atoms with E-state index in [4.69, 9.17) is 4.98 Å². The topological polar surface area (TPSA) is 124 Å². The largest absolute Gasteiger partial charge is 0.373 e. The average Bonchev–Trinajstić information content (AvgIpc) is 3.47. The molecule has 2 aromatic heterocycles. The van der Waals surface area contributed by atoms with Crippen LogP contribution < -0.4 is 16.0 Å². The number of benzene rings is 2. The van der Waals surface area contributed by atoms with Crippen LogP contribution in [0.2, 0.25) is 0 Å². The van der Waals surface area contributed by atoms with Crippen LogP contribution in [0.5, 0.6) is 0 Å². The fourth-order valence-electron chi connectivity index (χ4n) is 5.62. The van der Waals surface area contributed by atoms with Gasteiger partial charge in [-0.3, -0.25) is 9.59 Å². The molecule has 1 unspecified atom stereocenters. The molecule has 0 radical (unpaired) electrons. The van der Waals surface area contributed by atoms with Gasteiger partial charge in [0.15, 0.2) is 0 Å². The Labute approximate surface area is 243 Å². The van der Waals surface area contributed by atoms with E-state index in [9.17, 15) is 19.1 Å². The summed E-state index contributed by atoms with van der Waals surface area (Å²) in [6.45, 7) is 0. The number of nitrogens with zero attached hydrogens (tertiary/aromatic N) is 4. The van der Waals surface area contributed by atoms with E-state index >= 15 is 0 Å². The second-order valence-electron chi connectivity index (χ2n) is 11.4. The number of aliphatic hydroxyl groups excluding tert-OH is 1. The van der Waals surface area contributed by atoms with E-state index in [1.54, 1.807) is 37.3 Å². The number of nitrogens with one attached hydrogen (secondary N) is 3. The lowest BCUT2D eigenvalue weighted by molar-refractivity contribution is -0.124. The Hall–Kier alpha value is -4.51. The van der Waals surface area contributed by atoms with Crippen molar-refractivity contribution in [3.63, 3.8) is 0 Å². The molecule has 1 atom stereocenters. The van der Waals surface area contributed by atoms with Crippen molar-refractivity contribution in [1.82, 2.24) is 19.4 Å². The second-order valence-corrected chi connectivity index (χ2v) is 11.4. The minimum absolute atomic E-state index is 0.0567. The van der Waals surface area contributed by atoms with Crippen LogP contribution in [0.4, 0.5) is 27.4 Å². The van der Waals surface area contributed by atoms with Crippen LogP contribution in [0, 0.1) is 11.2 Å². The van der Waals surface area contributed by atoms with Gasteiger partial charge in [-0.25, -0.2) is 9.37 Å². The van der Waals surface area contributed by atoms with Crippen molar-refractivity contribution in [1.29, 1.82) is 0 Å². The highest BCUT2D eigenvalue weighted by molar-refractivity contribution is 5.98. The molecule has 6 rings (SSSR count). The SMILES string of the molecule is CN(C)C(=O)c1cc2cnc(Nc3ccc(NC(=O)C4(C(O)Nc5ccc(F)cc5)CC4)cc3)nc2n1C1CCCC1. The van der Waals surface area contributed by atoms with Gasteiger partial charge in [-0.15, -0.1) is 0 Å². The molecule has 2 aromatic carbocycles. The van der Waals surface area contributed by atoms with Gasteiger partial charge in [-0.1, -0.05) is 12.8 Å². The van der Waals surface area contributed by atoms with Crippen molar-refractivity contribution in [2.45, 2.75) is 50.8 Å². The number of hydrogen-bond donors (Lipinski definition) is 4. The predicted molar refractivity (Wildman–Crippen MR) is 159 cm³/mol. The Morgan fingerprint density at radius 1 is 1.02 bits per heavy atom. The molecular formula is C31H34FN7O3. The monoisotopic (exact) mass is 571 g/mol. The van der Waals surface area contributed by atoms with E-state index in [2.05, 4.69) is 25.5 Å². The Bertz CT molecular complexity index is 1610. The summed E-state index contributed by atoms with van der Waals surface area (Å²) in [7, 11) is 3.50. The van der Waals surface area contributed by atoms with Gasteiger partial charge in [0.2, 0.25) is 11.9 Å². The molecular weight excluding hydrogens is 537 g/mol. The first-order valence-corrected chi connectivity index (χ1v) is 14.2. The normalized spacial score (nSPS) is 16.7. The third-order valence-electron chi connectivity index (χ3n) is 8.20. The van der Waals surface area contributed by atoms with Crippen molar-refractivity contribution in [2.24, 2.45) is 5.41 Å². The highest BCUT2D eigenvalue weighted by Crippen LogP contribution is 2.49. The van der Waals surface area contributed by atoms with Crippen molar-refractivity contribution >= 4 is 45.9 Å². The molecule has 2 saturated carbocycles. The van der Waals surface area contributed by atoms with Crippen molar-refractivity contribution in [3.05, 3.63) is 72.3 Å². The molecule has 0 saturated heterocycles. The second kappa shape index (κ2) is 11.1. The molecule has 2 heterocycles. The highest BCUT2D eigenvalue weighted by Gasteiger charge is 2.55. The molecule has 2 amide bonds. The number of carbonyl (C=O) groups excluding carboxylic acids is 2. The highest BCUT2D eigenvalue weighted by atomic mass is 19.1.